The molecule has 1 atom stereocenters. The van der Waals surface area contributed by atoms with Crippen molar-refractivity contribution in [1.29, 1.82) is 0 Å². The van der Waals surface area contributed by atoms with E-state index in [1.54, 1.807) is 18.2 Å². The van der Waals surface area contributed by atoms with E-state index in [0.717, 1.165) is 36.0 Å². The minimum atomic E-state index is -0.416. The van der Waals surface area contributed by atoms with Gasteiger partial charge < -0.3 is 9.73 Å². The molecule has 1 N–H and O–H groups in total. The molecular formula is C22H20BrClN2O3. The van der Waals surface area contributed by atoms with Gasteiger partial charge in [-0.25, -0.2) is 0 Å². The lowest BCUT2D eigenvalue weighted by Gasteiger charge is -2.28. The molecule has 1 aliphatic heterocycles. The van der Waals surface area contributed by atoms with Crippen LogP contribution in [0.25, 0.3) is 11.0 Å². The molecule has 1 fully saturated rings. The Labute approximate surface area is 181 Å². The Kier molecular flexibility index (Phi) is 6.04. The molecule has 0 saturated carbocycles. The summed E-state index contributed by atoms with van der Waals surface area (Å²) in [6.07, 6.45) is 2.26. The van der Waals surface area contributed by atoms with Gasteiger partial charge >= 0.3 is 0 Å². The van der Waals surface area contributed by atoms with Gasteiger partial charge in [-0.2, -0.15) is 0 Å². The second-order valence-corrected chi connectivity index (χ2v) is 8.43. The van der Waals surface area contributed by atoms with Gasteiger partial charge in [0.05, 0.1) is 11.4 Å². The summed E-state index contributed by atoms with van der Waals surface area (Å²) in [4.78, 5) is 27.4. The molecule has 2 heterocycles. The average molecular weight is 476 g/mol. The molecule has 7 heteroatoms. The topological polar surface area (TPSA) is 62.6 Å². The van der Waals surface area contributed by atoms with Crippen LogP contribution in [0.5, 0.6) is 0 Å². The zero-order valence-corrected chi connectivity index (χ0v) is 18.0. The maximum atomic E-state index is 12.8. The van der Waals surface area contributed by atoms with Crippen molar-refractivity contribution in [3.05, 3.63) is 79.6 Å². The number of carbonyl (C=O) groups is 1. The van der Waals surface area contributed by atoms with E-state index in [9.17, 15) is 9.59 Å². The molecule has 1 saturated heterocycles. The first-order valence-corrected chi connectivity index (χ1v) is 10.7. The molecule has 150 valence electrons. The van der Waals surface area contributed by atoms with E-state index in [2.05, 4.69) is 26.1 Å². The minimum Gasteiger partial charge on any atom is -0.451 e. The van der Waals surface area contributed by atoms with E-state index < -0.39 is 5.91 Å². The molecule has 0 aliphatic carbocycles. The molecule has 1 aliphatic rings. The summed E-state index contributed by atoms with van der Waals surface area (Å²) in [6.45, 7) is 2.30. The fourth-order valence-electron chi connectivity index (χ4n) is 3.75. The van der Waals surface area contributed by atoms with E-state index in [-0.39, 0.29) is 17.2 Å². The highest BCUT2D eigenvalue weighted by Crippen LogP contribution is 2.29. The van der Waals surface area contributed by atoms with Gasteiger partial charge in [0.15, 0.2) is 11.2 Å². The number of halogens is 2. The molecule has 1 amide bonds. The molecular weight excluding hydrogens is 456 g/mol. The molecule has 2 aromatic carbocycles. The van der Waals surface area contributed by atoms with Crippen LogP contribution in [0.3, 0.4) is 0 Å². The van der Waals surface area contributed by atoms with Gasteiger partial charge in [0.25, 0.3) is 5.91 Å². The second kappa shape index (κ2) is 8.69. The van der Waals surface area contributed by atoms with Crippen LogP contribution in [0, 0.1) is 0 Å². The van der Waals surface area contributed by atoms with Crippen LogP contribution in [0.15, 0.2) is 62.2 Å². The Morgan fingerprint density at radius 1 is 1.17 bits per heavy atom. The van der Waals surface area contributed by atoms with Crippen molar-refractivity contribution in [2.75, 3.05) is 19.6 Å². The number of benzene rings is 2. The van der Waals surface area contributed by atoms with Crippen molar-refractivity contribution in [3.63, 3.8) is 0 Å². The normalized spacial score (nSPS) is 15.5. The van der Waals surface area contributed by atoms with E-state index in [1.165, 1.54) is 6.07 Å². The summed E-state index contributed by atoms with van der Waals surface area (Å²) in [5, 5.41) is 4.05. The van der Waals surface area contributed by atoms with Gasteiger partial charge in [-0.3, -0.25) is 14.5 Å². The number of likely N-dealkylation sites (tertiary alicyclic amines) is 1. The van der Waals surface area contributed by atoms with Gasteiger partial charge in [0.1, 0.15) is 5.58 Å². The Bertz CT molecular complexity index is 1110. The van der Waals surface area contributed by atoms with Crippen LogP contribution in [0.2, 0.25) is 5.02 Å². The van der Waals surface area contributed by atoms with Crippen molar-refractivity contribution in [3.8, 4) is 0 Å². The number of hydrogen-bond acceptors (Lipinski definition) is 4. The minimum absolute atomic E-state index is 0.0000643. The zero-order valence-electron chi connectivity index (χ0n) is 15.7. The number of nitrogens with zero attached hydrogens (tertiary/aromatic N) is 1. The predicted octanol–water partition coefficient (Wildman–Crippen LogP) is 4.78. The number of nitrogens with one attached hydrogen (secondary N) is 1. The van der Waals surface area contributed by atoms with Gasteiger partial charge in [0.2, 0.25) is 0 Å². The van der Waals surface area contributed by atoms with E-state index >= 15 is 0 Å². The summed E-state index contributed by atoms with van der Waals surface area (Å²) in [6, 6.07) is 14.0. The van der Waals surface area contributed by atoms with Crippen molar-refractivity contribution in [2.24, 2.45) is 0 Å². The van der Waals surface area contributed by atoms with Crippen LogP contribution in [0.1, 0.15) is 35.0 Å². The number of amides is 1. The highest BCUT2D eigenvalue weighted by Gasteiger charge is 2.26. The third kappa shape index (κ3) is 4.39. The van der Waals surface area contributed by atoms with E-state index in [1.807, 2.05) is 24.3 Å². The lowest BCUT2D eigenvalue weighted by Crippen LogP contribution is -2.37. The quantitative estimate of drug-likeness (QED) is 0.577. The summed E-state index contributed by atoms with van der Waals surface area (Å²) < 4.78 is 6.47. The summed E-state index contributed by atoms with van der Waals surface area (Å²) in [5.41, 5.74) is 1.12. The molecule has 3 aromatic rings. The van der Waals surface area contributed by atoms with Gasteiger partial charge in [-0.05, 0) is 55.8 Å². The lowest BCUT2D eigenvalue weighted by atomic mass is 10.1. The number of fused-ring (bicyclic) bond motifs is 1. The van der Waals surface area contributed by atoms with Crippen LogP contribution in [0.4, 0.5) is 0 Å². The van der Waals surface area contributed by atoms with Crippen LogP contribution >= 0.6 is 27.5 Å². The summed E-state index contributed by atoms with van der Waals surface area (Å²) in [5.74, 6) is -0.417. The largest absolute Gasteiger partial charge is 0.451 e. The molecule has 1 unspecified atom stereocenters. The standard InChI is InChI=1S/C22H20BrClN2O3/c23-14-7-8-16-19(27)12-21(29-20(16)11-14)22(28)25-13-18(26-9-3-4-10-26)15-5-1-2-6-17(15)24/h1-2,5-8,11-12,18H,3-4,9-10,13H2,(H,25,28). The predicted molar refractivity (Wildman–Crippen MR) is 118 cm³/mol. The Morgan fingerprint density at radius 2 is 1.93 bits per heavy atom. The number of rotatable bonds is 5. The highest BCUT2D eigenvalue weighted by atomic mass is 79.9. The molecule has 0 bridgehead atoms. The van der Waals surface area contributed by atoms with Crippen molar-refractivity contribution >= 4 is 44.4 Å². The lowest BCUT2D eigenvalue weighted by molar-refractivity contribution is 0.0910. The smallest absolute Gasteiger partial charge is 0.287 e. The third-order valence-corrected chi connectivity index (χ3v) is 6.05. The SMILES string of the molecule is O=C(NCC(c1ccccc1Cl)N1CCCC1)c1cc(=O)c2ccc(Br)cc2o1. The number of carbonyl (C=O) groups excluding carboxylic acids is 1. The number of hydrogen-bond donors (Lipinski definition) is 1. The fraction of sp³-hybridized carbons (Fsp3) is 0.273. The van der Waals surface area contributed by atoms with Gasteiger partial charge in [-0.15, -0.1) is 0 Å². The third-order valence-electron chi connectivity index (χ3n) is 5.22. The van der Waals surface area contributed by atoms with Crippen molar-refractivity contribution in [2.45, 2.75) is 18.9 Å². The monoisotopic (exact) mass is 474 g/mol. The fourth-order valence-corrected chi connectivity index (χ4v) is 4.35. The average Bonchev–Trinajstić information content (AvgIpc) is 3.23. The van der Waals surface area contributed by atoms with Gasteiger partial charge in [-0.1, -0.05) is 45.7 Å². The maximum absolute atomic E-state index is 12.8. The Morgan fingerprint density at radius 3 is 2.69 bits per heavy atom. The molecule has 0 spiro atoms. The van der Waals surface area contributed by atoms with E-state index in [4.69, 9.17) is 16.0 Å². The Balaban J connectivity index is 1.57. The van der Waals surface area contributed by atoms with Crippen molar-refractivity contribution in [1.82, 2.24) is 10.2 Å². The molecule has 1 aromatic heterocycles. The summed E-state index contributed by atoms with van der Waals surface area (Å²) in [7, 11) is 0. The van der Waals surface area contributed by atoms with Crippen LogP contribution < -0.4 is 10.7 Å². The first kappa shape index (κ1) is 20.1. The molecule has 0 radical (unpaired) electrons. The summed E-state index contributed by atoms with van der Waals surface area (Å²) >= 11 is 9.79. The second-order valence-electron chi connectivity index (χ2n) is 7.11. The Hall–Kier alpha value is -2.15. The molecule has 29 heavy (non-hydrogen) atoms. The first-order chi connectivity index (χ1) is 14.0. The van der Waals surface area contributed by atoms with Crippen LogP contribution in [-0.4, -0.2) is 30.4 Å². The first-order valence-electron chi connectivity index (χ1n) is 9.53. The highest BCUT2D eigenvalue weighted by molar-refractivity contribution is 9.10. The molecule has 5 nitrogen and oxygen atoms in total. The maximum Gasteiger partial charge on any atom is 0.287 e. The van der Waals surface area contributed by atoms with Gasteiger partial charge in [0, 0.05) is 22.1 Å². The van der Waals surface area contributed by atoms with E-state index in [0.29, 0.717) is 22.5 Å². The zero-order chi connectivity index (χ0) is 20.4. The van der Waals surface area contributed by atoms with Crippen LogP contribution in [-0.2, 0) is 0 Å². The van der Waals surface area contributed by atoms with Crippen molar-refractivity contribution < 1.29 is 9.21 Å². The molecule has 4 rings (SSSR count).